The Morgan fingerprint density at radius 3 is 2.57 bits per heavy atom. The molecule has 0 aromatic heterocycles. The molecule has 0 aliphatic rings. The summed E-state index contributed by atoms with van der Waals surface area (Å²) in [6, 6.07) is 5.57. The number of hydrogen-bond acceptors (Lipinski definition) is 1. The first-order valence-corrected chi connectivity index (χ1v) is 5.73. The lowest BCUT2D eigenvalue weighted by molar-refractivity contribution is 0.719. The number of hydrogen-bond donors (Lipinski definition) is 1. The SMILES string of the molecule is ClCCNCCc1ccc(Cl)cc1Cl. The number of benzene rings is 1. The monoisotopic (exact) mass is 251 g/mol. The van der Waals surface area contributed by atoms with E-state index in [2.05, 4.69) is 5.32 Å². The van der Waals surface area contributed by atoms with Crippen molar-refractivity contribution in [3.05, 3.63) is 33.8 Å². The van der Waals surface area contributed by atoms with Gasteiger partial charge in [-0.05, 0) is 30.7 Å². The van der Waals surface area contributed by atoms with Crippen molar-refractivity contribution < 1.29 is 0 Å². The molecule has 0 unspecified atom stereocenters. The second kappa shape index (κ2) is 6.52. The van der Waals surface area contributed by atoms with E-state index < -0.39 is 0 Å². The van der Waals surface area contributed by atoms with Gasteiger partial charge >= 0.3 is 0 Å². The van der Waals surface area contributed by atoms with E-state index >= 15 is 0 Å². The number of rotatable bonds is 5. The van der Waals surface area contributed by atoms with Crippen LogP contribution in [0.3, 0.4) is 0 Å². The van der Waals surface area contributed by atoms with Crippen molar-refractivity contribution in [2.24, 2.45) is 0 Å². The maximum absolute atomic E-state index is 6.00. The van der Waals surface area contributed by atoms with Crippen LogP contribution in [0.5, 0.6) is 0 Å². The molecule has 0 radical (unpaired) electrons. The van der Waals surface area contributed by atoms with Gasteiger partial charge in [-0.2, -0.15) is 0 Å². The van der Waals surface area contributed by atoms with Crippen molar-refractivity contribution in [1.29, 1.82) is 0 Å². The maximum atomic E-state index is 6.00. The van der Waals surface area contributed by atoms with E-state index in [1.807, 2.05) is 12.1 Å². The van der Waals surface area contributed by atoms with Crippen LogP contribution in [-0.4, -0.2) is 19.0 Å². The normalized spacial score (nSPS) is 10.5. The Hall–Kier alpha value is 0.0500. The number of nitrogens with one attached hydrogen (secondary N) is 1. The highest BCUT2D eigenvalue weighted by atomic mass is 35.5. The molecule has 0 atom stereocenters. The van der Waals surface area contributed by atoms with Crippen LogP contribution >= 0.6 is 34.8 Å². The zero-order valence-corrected chi connectivity index (χ0v) is 9.96. The van der Waals surface area contributed by atoms with Crippen LogP contribution in [0.1, 0.15) is 5.56 Å². The summed E-state index contributed by atoms with van der Waals surface area (Å²) < 4.78 is 0. The molecule has 1 aromatic rings. The Morgan fingerprint density at radius 2 is 1.93 bits per heavy atom. The van der Waals surface area contributed by atoms with Crippen LogP contribution in [0.4, 0.5) is 0 Å². The van der Waals surface area contributed by atoms with Crippen molar-refractivity contribution in [3.8, 4) is 0 Å². The minimum absolute atomic E-state index is 0.633. The van der Waals surface area contributed by atoms with Gasteiger partial charge in [-0.15, -0.1) is 11.6 Å². The van der Waals surface area contributed by atoms with Crippen molar-refractivity contribution in [2.45, 2.75) is 6.42 Å². The lowest BCUT2D eigenvalue weighted by Crippen LogP contribution is -2.19. The third-order valence-electron chi connectivity index (χ3n) is 1.86. The molecule has 14 heavy (non-hydrogen) atoms. The molecule has 0 aliphatic carbocycles. The van der Waals surface area contributed by atoms with Crippen LogP contribution in [0.2, 0.25) is 10.0 Å². The highest BCUT2D eigenvalue weighted by molar-refractivity contribution is 6.35. The summed E-state index contributed by atoms with van der Waals surface area (Å²) in [5.41, 5.74) is 1.11. The quantitative estimate of drug-likeness (QED) is 0.626. The Kier molecular flexibility index (Phi) is 5.64. The lowest BCUT2D eigenvalue weighted by atomic mass is 10.1. The number of alkyl halides is 1. The van der Waals surface area contributed by atoms with E-state index in [9.17, 15) is 0 Å². The molecule has 0 spiro atoms. The van der Waals surface area contributed by atoms with E-state index in [0.29, 0.717) is 10.9 Å². The molecule has 1 aromatic carbocycles. The van der Waals surface area contributed by atoms with Gasteiger partial charge in [0.15, 0.2) is 0 Å². The van der Waals surface area contributed by atoms with Crippen LogP contribution in [0, 0.1) is 0 Å². The van der Waals surface area contributed by atoms with Crippen molar-refractivity contribution in [3.63, 3.8) is 0 Å². The summed E-state index contributed by atoms with van der Waals surface area (Å²) in [4.78, 5) is 0. The minimum Gasteiger partial charge on any atom is -0.315 e. The molecule has 1 nitrogen and oxygen atoms in total. The van der Waals surface area contributed by atoms with Crippen LogP contribution in [0.25, 0.3) is 0 Å². The predicted molar refractivity (Wildman–Crippen MR) is 63.8 cm³/mol. The van der Waals surface area contributed by atoms with Gasteiger partial charge in [-0.25, -0.2) is 0 Å². The fourth-order valence-electron chi connectivity index (χ4n) is 1.14. The topological polar surface area (TPSA) is 12.0 Å². The van der Waals surface area contributed by atoms with Crippen LogP contribution in [0.15, 0.2) is 18.2 Å². The maximum Gasteiger partial charge on any atom is 0.0453 e. The standard InChI is InChI=1S/C10H12Cl3N/c11-4-6-14-5-3-8-1-2-9(12)7-10(8)13/h1-2,7,14H,3-6H2. The molecule has 0 fully saturated rings. The Labute approximate surface area is 99.4 Å². The molecule has 0 bridgehead atoms. The Bertz CT molecular complexity index is 289. The minimum atomic E-state index is 0.633. The van der Waals surface area contributed by atoms with Crippen molar-refractivity contribution >= 4 is 34.8 Å². The van der Waals surface area contributed by atoms with Crippen LogP contribution in [-0.2, 0) is 6.42 Å². The van der Waals surface area contributed by atoms with E-state index in [1.54, 1.807) is 6.07 Å². The molecule has 1 rings (SSSR count). The van der Waals surface area contributed by atoms with Gasteiger partial charge in [-0.1, -0.05) is 29.3 Å². The molecule has 78 valence electrons. The van der Waals surface area contributed by atoms with Gasteiger partial charge in [0.25, 0.3) is 0 Å². The summed E-state index contributed by atoms with van der Waals surface area (Å²) in [7, 11) is 0. The molecule has 0 saturated heterocycles. The third-order valence-corrected chi connectivity index (χ3v) is 2.63. The first-order chi connectivity index (χ1) is 6.74. The highest BCUT2D eigenvalue weighted by Crippen LogP contribution is 2.20. The number of halogens is 3. The second-order valence-corrected chi connectivity index (χ2v) is 4.15. The van der Waals surface area contributed by atoms with Crippen LogP contribution < -0.4 is 5.32 Å². The molecule has 0 heterocycles. The smallest absolute Gasteiger partial charge is 0.0453 e. The second-order valence-electron chi connectivity index (χ2n) is 2.92. The van der Waals surface area contributed by atoms with E-state index in [-0.39, 0.29) is 0 Å². The molecular formula is C10H12Cl3N. The van der Waals surface area contributed by atoms with Crippen molar-refractivity contribution in [1.82, 2.24) is 5.32 Å². The van der Waals surface area contributed by atoms with E-state index in [0.717, 1.165) is 30.1 Å². The molecule has 1 N–H and O–H groups in total. The van der Waals surface area contributed by atoms with Gasteiger partial charge in [0, 0.05) is 22.5 Å². The van der Waals surface area contributed by atoms with Gasteiger partial charge in [0.2, 0.25) is 0 Å². The predicted octanol–water partition coefficient (Wildman–Crippen LogP) is 3.36. The van der Waals surface area contributed by atoms with Gasteiger partial charge < -0.3 is 5.32 Å². The zero-order valence-electron chi connectivity index (χ0n) is 7.69. The summed E-state index contributed by atoms with van der Waals surface area (Å²) in [5.74, 6) is 0.633. The largest absolute Gasteiger partial charge is 0.315 e. The summed E-state index contributed by atoms with van der Waals surface area (Å²) in [5, 5.41) is 4.60. The zero-order chi connectivity index (χ0) is 10.4. The van der Waals surface area contributed by atoms with Gasteiger partial charge in [0.05, 0.1) is 0 Å². The molecule has 0 amide bonds. The molecule has 0 aliphatic heterocycles. The summed E-state index contributed by atoms with van der Waals surface area (Å²) >= 11 is 17.3. The van der Waals surface area contributed by atoms with E-state index in [4.69, 9.17) is 34.8 Å². The molecule has 0 saturated carbocycles. The average molecular weight is 253 g/mol. The van der Waals surface area contributed by atoms with Crippen molar-refractivity contribution in [2.75, 3.05) is 19.0 Å². The lowest BCUT2D eigenvalue weighted by Gasteiger charge is -2.05. The molecular weight excluding hydrogens is 240 g/mol. The highest BCUT2D eigenvalue weighted by Gasteiger charge is 2.00. The Balaban J connectivity index is 2.42. The van der Waals surface area contributed by atoms with E-state index in [1.165, 1.54) is 0 Å². The third kappa shape index (κ3) is 4.05. The average Bonchev–Trinajstić information content (AvgIpc) is 2.15. The first kappa shape index (κ1) is 12.1. The molecule has 4 heteroatoms. The fraction of sp³-hybridized carbons (Fsp3) is 0.400. The van der Waals surface area contributed by atoms with Gasteiger partial charge in [0.1, 0.15) is 0 Å². The first-order valence-electron chi connectivity index (χ1n) is 4.44. The summed E-state index contributed by atoms with van der Waals surface area (Å²) in [6.07, 6.45) is 0.896. The summed E-state index contributed by atoms with van der Waals surface area (Å²) in [6.45, 7) is 1.71. The Morgan fingerprint density at radius 1 is 1.14 bits per heavy atom. The fourth-order valence-corrected chi connectivity index (χ4v) is 1.78. The van der Waals surface area contributed by atoms with Gasteiger partial charge in [-0.3, -0.25) is 0 Å².